The molecule has 0 aliphatic carbocycles. The molecule has 1 aliphatic rings. The lowest BCUT2D eigenvalue weighted by Crippen LogP contribution is -2.29. The van der Waals surface area contributed by atoms with E-state index >= 15 is 0 Å². The van der Waals surface area contributed by atoms with Gasteiger partial charge in [0.25, 0.3) is 0 Å². The van der Waals surface area contributed by atoms with Crippen LogP contribution in [0.4, 0.5) is 4.39 Å². The summed E-state index contributed by atoms with van der Waals surface area (Å²) in [4.78, 5) is 0. The van der Waals surface area contributed by atoms with Crippen LogP contribution in [0.25, 0.3) is 0 Å². The minimum atomic E-state index is -0.312. The van der Waals surface area contributed by atoms with Crippen LogP contribution >= 0.6 is 11.6 Å². The average molecular weight is 292 g/mol. The summed E-state index contributed by atoms with van der Waals surface area (Å²) in [7, 11) is 0. The molecule has 2 nitrogen and oxygen atoms in total. The van der Waals surface area contributed by atoms with E-state index in [0.717, 1.165) is 24.3 Å². The van der Waals surface area contributed by atoms with Crippen LogP contribution in [0.1, 0.15) is 11.1 Å². The predicted molar refractivity (Wildman–Crippen MR) is 77.7 cm³/mol. The van der Waals surface area contributed by atoms with Crippen LogP contribution in [0.2, 0.25) is 5.02 Å². The molecule has 1 heterocycles. The van der Waals surface area contributed by atoms with Crippen molar-refractivity contribution in [3.63, 3.8) is 0 Å². The molecular weight excluding hydrogens is 277 g/mol. The van der Waals surface area contributed by atoms with Crippen molar-refractivity contribution in [2.24, 2.45) is 0 Å². The normalized spacial score (nSPS) is 16.8. The number of rotatable bonds is 4. The summed E-state index contributed by atoms with van der Waals surface area (Å²) in [5, 5.41) is 3.76. The fourth-order valence-electron chi connectivity index (χ4n) is 2.40. The minimum absolute atomic E-state index is 0.145. The average Bonchev–Trinajstić information content (AvgIpc) is 2.84. The maximum atomic E-state index is 12.9. The lowest BCUT2D eigenvalue weighted by molar-refractivity contribution is 0.227. The molecular formula is C16H15ClFNO. The molecule has 0 aromatic heterocycles. The van der Waals surface area contributed by atoms with Gasteiger partial charge >= 0.3 is 0 Å². The first-order valence-corrected chi connectivity index (χ1v) is 6.99. The Morgan fingerprint density at radius 1 is 1.25 bits per heavy atom. The highest BCUT2D eigenvalue weighted by Crippen LogP contribution is 2.27. The molecule has 1 unspecified atom stereocenters. The van der Waals surface area contributed by atoms with Crippen LogP contribution in [0.5, 0.6) is 5.75 Å². The molecule has 0 radical (unpaired) electrons. The van der Waals surface area contributed by atoms with Crippen molar-refractivity contribution in [1.29, 1.82) is 0 Å². The number of nitrogens with one attached hydrogen (secondary N) is 1. The van der Waals surface area contributed by atoms with Crippen molar-refractivity contribution >= 4 is 11.6 Å². The van der Waals surface area contributed by atoms with Crippen molar-refractivity contribution in [3.8, 4) is 5.75 Å². The molecule has 2 aromatic carbocycles. The van der Waals surface area contributed by atoms with Gasteiger partial charge in [-0.05, 0) is 29.3 Å². The van der Waals surface area contributed by atoms with Crippen molar-refractivity contribution in [2.75, 3.05) is 6.54 Å². The highest BCUT2D eigenvalue weighted by molar-refractivity contribution is 6.31. The maximum Gasteiger partial charge on any atom is 0.124 e. The third-order valence-electron chi connectivity index (χ3n) is 3.42. The smallest absolute Gasteiger partial charge is 0.124 e. The minimum Gasteiger partial charge on any atom is -0.488 e. The van der Waals surface area contributed by atoms with E-state index in [1.807, 2.05) is 18.2 Å². The molecule has 0 bridgehead atoms. The van der Waals surface area contributed by atoms with E-state index in [2.05, 4.69) is 11.4 Å². The van der Waals surface area contributed by atoms with E-state index in [-0.39, 0.29) is 11.9 Å². The lowest BCUT2D eigenvalue weighted by Gasteiger charge is -2.12. The van der Waals surface area contributed by atoms with Crippen molar-refractivity contribution < 1.29 is 9.13 Å². The number of fused-ring (bicyclic) bond motifs is 1. The van der Waals surface area contributed by atoms with Crippen molar-refractivity contribution in [3.05, 3.63) is 64.4 Å². The molecule has 0 spiro atoms. The van der Waals surface area contributed by atoms with Gasteiger partial charge in [0.15, 0.2) is 0 Å². The van der Waals surface area contributed by atoms with Gasteiger partial charge in [-0.1, -0.05) is 35.9 Å². The number of ether oxygens (including phenoxy) is 1. The number of hydrogen-bond donors (Lipinski definition) is 1. The SMILES string of the molecule is Fc1ccc(CNCC2Cc3ccccc3O2)c(Cl)c1. The molecule has 1 aliphatic heterocycles. The van der Waals surface area contributed by atoms with Crippen LogP contribution < -0.4 is 10.1 Å². The highest BCUT2D eigenvalue weighted by atomic mass is 35.5. The molecule has 2 aromatic rings. The Morgan fingerprint density at radius 2 is 2.10 bits per heavy atom. The Hall–Kier alpha value is -1.58. The second kappa shape index (κ2) is 5.81. The summed E-state index contributed by atoms with van der Waals surface area (Å²) in [5.41, 5.74) is 2.14. The summed E-state index contributed by atoms with van der Waals surface area (Å²) in [5.74, 6) is 0.660. The molecule has 20 heavy (non-hydrogen) atoms. The Balaban J connectivity index is 1.52. The fraction of sp³-hybridized carbons (Fsp3) is 0.250. The van der Waals surface area contributed by atoms with E-state index in [1.165, 1.54) is 17.7 Å². The van der Waals surface area contributed by atoms with Gasteiger partial charge < -0.3 is 10.1 Å². The largest absolute Gasteiger partial charge is 0.488 e. The van der Waals surface area contributed by atoms with Gasteiger partial charge in [-0.25, -0.2) is 4.39 Å². The molecule has 4 heteroatoms. The molecule has 3 rings (SSSR count). The maximum absolute atomic E-state index is 12.9. The topological polar surface area (TPSA) is 21.3 Å². The van der Waals surface area contributed by atoms with Crippen molar-refractivity contribution in [1.82, 2.24) is 5.32 Å². The zero-order valence-corrected chi connectivity index (χ0v) is 11.7. The van der Waals surface area contributed by atoms with Gasteiger partial charge in [0.1, 0.15) is 17.7 Å². The second-order valence-electron chi connectivity index (χ2n) is 4.92. The quantitative estimate of drug-likeness (QED) is 0.930. The van der Waals surface area contributed by atoms with Gasteiger partial charge in [0.2, 0.25) is 0 Å². The number of benzene rings is 2. The predicted octanol–water partition coefficient (Wildman–Crippen LogP) is 3.57. The van der Waals surface area contributed by atoms with Crippen LogP contribution in [0.3, 0.4) is 0 Å². The Bertz CT molecular complexity index is 592. The third kappa shape index (κ3) is 2.94. The van der Waals surface area contributed by atoms with Gasteiger partial charge in [0.05, 0.1) is 0 Å². The van der Waals surface area contributed by atoms with E-state index < -0.39 is 0 Å². The monoisotopic (exact) mass is 291 g/mol. The number of hydrogen-bond acceptors (Lipinski definition) is 2. The summed E-state index contributed by atoms with van der Waals surface area (Å²) in [6.07, 6.45) is 1.06. The standard InChI is InChI=1S/C16H15ClFNO/c17-15-8-13(18)6-5-12(15)9-19-10-14-7-11-3-1-2-4-16(11)20-14/h1-6,8,14,19H,7,9-10H2. The molecule has 0 saturated heterocycles. The van der Waals surface area contributed by atoms with Gasteiger partial charge in [-0.2, -0.15) is 0 Å². The summed E-state index contributed by atoms with van der Waals surface area (Å²) < 4.78 is 18.8. The van der Waals surface area contributed by atoms with E-state index in [4.69, 9.17) is 16.3 Å². The van der Waals surface area contributed by atoms with E-state index in [9.17, 15) is 4.39 Å². The third-order valence-corrected chi connectivity index (χ3v) is 3.77. The first kappa shape index (κ1) is 13.4. The van der Waals surface area contributed by atoms with Crippen LogP contribution in [0, 0.1) is 5.82 Å². The number of halogens is 2. The highest BCUT2D eigenvalue weighted by Gasteiger charge is 2.21. The first-order chi connectivity index (χ1) is 9.72. The summed E-state index contributed by atoms with van der Waals surface area (Å²) in [6.45, 7) is 1.34. The van der Waals surface area contributed by atoms with Crippen LogP contribution in [-0.4, -0.2) is 12.6 Å². The summed E-state index contributed by atoms with van der Waals surface area (Å²) >= 11 is 5.99. The Kier molecular flexibility index (Phi) is 3.90. The fourth-order valence-corrected chi connectivity index (χ4v) is 2.63. The Morgan fingerprint density at radius 3 is 2.90 bits per heavy atom. The molecule has 1 atom stereocenters. The van der Waals surface area contributed by atoms with Gasteiger partial charge in [-0.15, -0.1) is 0 Å². The molecule has 1 N–H and O–H groups in total. The number of para-hydroxylation sites is 1. The molecule has 0 fully saturated rings. The first-order valence-electron chi connectivity index (χ1n) is 6.61. The summed E-state index contributed by atoms with van der Waals surface area (Å²) in [6, 6.07) is 12.5. The molecule has 0 amide bonds. The second-order valence-corrected chi connectivity index (χ2v) is 5.33. The van der Waals surface area contributed by atoms with Gasteiger partial charge in [-0.3, -0.25) is 0 Å². The zero-order chi connectivity index (χ0) is 13.9. The van der Waals surface area contributed by atoms with Crippen molar-refractivity contribution in [2.45, 2.75) is 19.1 Å². The van der Waals surface area contributed by atoms with E-state index in [1.54, 1.807) is 6.07 Å². The van der Waals surface area contributed by atoms with Crippen LogP contribution in [0.15, 0.2) is 42.5 Å². The zero-order valence-electron chi connectivity index (χ0n) is 10.9. The Labute approximate surface area is 122 Å². The molecule has 0 saturated carbocycles. The van der Waals surface area contributed by atoms with Gasteiger partial charge in [0, 0.05) is 24.5 Å². The van der Waals surface area contributed by atoms with E-state index in [0.29, 0.717) is 11.6 Å². The lowest BCUT2D eigenvalue weighted by atomic mass is 10.1. The van der Waals surface area contributed by atoms with Crippen LogP contribution in [-0.2, 0) is 13.0 Å². The molecule has 104 valence electrons.